The summed E-state index contributed by atoms with van der Waals surface area (Å²) in [7, 11) is 0. The van der Waals surface area contributed by atoms with Gasteiger partial charge >= 0.3 is 0 Å². The molecule has 254 valence electrons. The van der Waals surface area contributed by atoms with Gasteiger partial charge in [0.15, 0.2) is 0 Å². The third kappa shape index (κ3) is 3.94. The number of fused-ring (bicyclic) bond motifs is 18. The molecule has 0 aliphatic rings. The van der Waals surface area contributed by atoms with Crippen molar-refractivity contribution in [1.82, 2.24) is 14.5 Å². The minimum atomic E-state index is 0.575. The lowest BCUT2D eigenvalue weighted by atomic mass is 9.91. The van der Waals surface area contributed by atoms with Crippen LogP contribution in [0, 0.1) is 0 Å². The Hall–Kier alpha value is -7.08. The first-order valence-electron chi connectivity index (χ1n) is 18.6. The maximum Gasteiger partial charge on any atom is 0.238 e. The Morgan fingerprint density at radius 2 is 1.02 bits per heavy atom. The number of furan rings is 1. The quantitative estimate of drug-likeness (QED) is 0.167. The van der Waals surface area contributed by atoms with E-state index in [9.17, 15) is 0 Å². The molecule has 13 rings (SSSR count). The lowest BCUT2D eigenvalue weighted by molar-refractivity contribution is 0.651. The summed E-state index contributed by atoms with van der Waals surface area (Å²) in [6, 6.07) is 58.9. The van der Waals surface area contributed by atoms with Crippen molar-refractivity contribution >= 4 is 118 Å². The predicted molar refractivity (Wildman–Crippen MR) is 232 cm³/mol. The lowest BCUT2D eigenvalue weighted by Crippen LogP contribution is -2.03. The molecule has 0 aliphatic heterocycles. The van der Waals surface area contributed by atoms with Crippen LogP contribution in [-0.4, -0.2) is 14.5 Å². The van der Waals surface area contributed by atoms with Gasteiger partial charge in [0, 0.05) is 47.3 Å². The Kier molecular flexibility index (Phi) is 5.74. The van der Waals surface area contributed by atoms with E-state index in [1.165, 1.54) is 74.0 Å². The van der Waals surface area contributed by atoms with Crippen molar-refractivity contribution in [2.24, 2.45) is 0 Å². The van der Waals surface area contributed by atoms with E-state index < -0.39 is 0 Å². The molecule has 0 atom stereocenters. The third-order valence-electron chi connectivity index (χ3n) is 11.6. The normalized spacial score (nSPS) is 12.4. The van der Waals surface area contributed by atoms with Crippen molar-refractivity contribution in [1.29, 1.82) is 0 Å². The fourth-order valence-corrected chi connectivity index (χ4v) is 10.4. The van der Waals surface area contributed by atoms with Crippen LogP contribution < -0.4 is 0 Å². The largest absolute Gasteiger partial charge is 0.437 e. The Morgan fingerprint density at radius 1 is 0.418 bits per heavy atom. The van der Waals surface area contributed by atoms with Crippen LogP contribution in [0.4, 0.5) is 0 Å². The molecule has 55 heavy (non-hydrogen) atoms. The minimum Gasteiger partial charge on any atom is -0.437 e. The first kappa shape index (κ1) is 29.4. The summed E-state index contributed by atoms with van der Waals surface area (Å²) in [5.74, 6) is 0.581. The highest BCUT2D eigenvalue weighted by Crippen LogP contribution is 2.46. The first-order valence-corrected chi connectivity index (χ1v) is 19.4. The molecule has 0 aliphatic carbocycles. The van der Waals surface area contributed by atoms with E-state index in [-0.39, 0.29) is 0 Å². The number of nitrogens with zero attached hydrogens (tertiary/aromatic N) is 3. The molecule has 0 fully saturated rings. The van der Waals surface area contributed by atoms with Gasteiger partial charge in [0.25, 0.3) is 0 Å². The summed E-state index contributed by atoms with van der Waals surface area (Å²) in [6.07, 6.45) is 0. The highest BCUT2D eigenvalue weighted by Gasteiger charge is 2.24. The highest BCUT2D eigenvalue weighted by molar-refractivity contribution is 7.25. The van der Waals surface area contributed by atoms with Crippen LogP contribution in [0.25, 0.3) is 124 Å². The van der Waals surface area contributed by atoms with Crippen LogP contribution >= 0.6 is 11.3 Å². The molecule has 0 N–H and O–H groups in total. The Morgan fingerprint density at radius 3 is 1.85 bits per heavy atom. The van der Waals surface area contributed by atoms with Crippen LogP contribution in [0.3, 0.4) is 0 Å². The number of benzene rings is 9. The minimum absolute atomic E-state index is 0.575. The molecule has 4 heterocycles. The average Bonchev–Trinajstić information content (AvgIpc) is 3.92. The molecule has 0 saturated heterocycles. The Balaban J connectivity index is 1.21. The van der Waals surface area contributed by atoms with E-state index in [0.717, 1.165) is 38.6 Å². The van der Waals surface area contributed by atoms with Gasteiger partial charge in [0.1, 0.15) is 5.58 Å². The summed E-state index contributed by atoms with van der Waals surface area (Å²) in [4.78, 5) is 10.9. The molecule has 0 amide bonds. The van der Waals surface area contributed by atoms with Gasteiger partial charge in [-0.2, -0.15) is 4.98 Å². The van der Waals surface area contributed by atoms with Crippen molar-refractivity contribution in [3.05, 3.63) is 164 Å². The van der Waals surface area contributed by atoms with Crippen molar-refractivity contribution in [2.75, 3.05) is 0 Å². The number of hydrogen-bond donors (Lipinski definition) is 0. The molecule has 5 heteroatoms. The summed E-state index contributed by atoms with van der Waals surface area (Å²) in [6.45, 7) is 0. The van der Waals surface area contributed by atoms with Crippen molar-refractivity contribution in [3.63, 3.8) is 0 Å². The number of rotatable bonds is 2. The van der Waals surface area contributed by atoms with E-state index in [0.29, 0.717) is 11.7 Å². The van der Waals surface area contributed by atoms with Crippen LogP contribution in [0.5, 0.6) is 0 Å². The Bertz CT molecular complexity index is 3760. The maximum atomic E-state index is 6.60. The maximum absolute atomic E-state index is 6.60. The number of hydrogen-bond acceptors (Lipinski definition) is 4. The fraction of sp³-hybridized carbons (Fsp3) is 0. The summed E-state index contributed by atoms with van der Waals surface area (Å²) in [5, 5.41) is 16.7. The molecule has 13 aromatic rings. The van der Waals surface area contributed by atoms with Crippen LogP contribution in [0.1, 0.15) is 0 Å². The van der Waals surface area contributed by atoms with Crippen molar-refractivity contribution in [2.45, 2.75) is 0 Å². The van der Waals surface area contributed by atoms with Gasteiger partial charge in [-0.1, -0.05) is 133 Å². The molecule has 0 bridgehead atoms. The second-order valence-corrected chi connectivity index (χ2v) is 15.5. The molecular formula is C50H27N3OS. The molecular weight excluding hydrogens is 691 g/mol. The zero-order valence-corrected chi connectivity index (χ0v) is 30.1. The summed E-state index contributed by atoms with van der Waals surface area (Å²) in [5.41, 5.74) is 5.38. The van der Waals surface area contributed by atoms with E-state index in [4.69, 9.17) is 14.4 Å². The molecule has 4 nitrogen and oxygen atoms in total. The monoisotopic (exact) mass is 717 g/mol. The molecule has 4 aromatic heterocycles. The molecule has 0 saturated carbocycles. The van der Waals surface area contributed by atoms with Gasteiger partial charge in [-0.25, -0.2) is 4.98 Å². The fourth-order valence-electron chi connectivity index (χ4n) is 9.27. The van der Waals surface area contributed by atoms with Crippen LogP contribution in [-0.2, 0) is 0 Å². The zero-order chi connectivity index (χ0) is 35.8. The first-order chi connectivity index (χ1) is 27.3. The SMILES string of the molecule is c1ccc2c(c1)ccc1c2c2c3c4ccccc4c4ccccc4c3ccc2n1-c1nc(-c2ccc3c(c2)sc2ccccc23)c2c(n1)oc1ccccc12. The molecule has 0 unspecified atom stereocenters. The number of aromatic nitrogens is 3. The standard InChI is InChI=1S/C50H27N3OS/c1-2-12-30-28(11-1)22-25-39-45(30)47-40(26-24-37-33-15-4-3-13-31(33)32-14-5-6-17-36(32)44(37)47)53(39)50-51-48(46-38-18-7-9-19-41(38)54-49(46)52-50)29-21-23-35-34-16-8-10-20-42(34)55-43(35)27-29/h1-27H. The van der Waals surface area contributed by atoms with Gasteiger partial charge in [0.2, 0.25) is 11.7 Å². The van der Waals surface area contributed by atoms with E-state index in [2.05, 4.69) is 156 Å². The number of para-hydroxylation sites is 1. The van der Waals surface area contributed by atoms with Gasteiger partial charge < -0.3 is 4.42 Å². The van der Waals surface area contributed by atoms with E-state index in [1.54, 1.807) is 0 Å². The molecule has 0 spiro atoms. The third-order valence-corrected chi connectivity index (χ3v) is 12.7. The lowest BCUT2D eigenvalue weighted by Gasteiger charge is -2.13. The summed E-state index contributed by atoms with van der Waals surface area (Å²) < 4.78 is 11.4. The van der Waals surface area contributed by atoms with Crippen LogP contribution in [0.2, 0.25) is 0 Å². The van der Waals surface area contributed by atoms with Crippen molar-refractivity contribution < 1.29 is 4.42 Å². The van der Waals surface area contributed by atoms with Crippen molar-refractivity contribution in [3.8, 4) is 17.2 Å². The molecule has 9 aromatic carbocycles. The summed E-state index contributed by atoms with van der Waals surface area (Å²) >= 11 is 1.82. The van der Waals surface area contributed by atoms with E-state index >= 15 is 0 Å². The second kappa shape index (κ2) is 10.8. The highest BCUT2D eigenvalue weighted by atomic mass is 32.1. The average molecular weight is 718 g/mol. The van der Waals surface area contributed by atoms with Crippen LogP contribution in [0.15, 0.2) is 168 Å². The Labute approximate surface area is 317 Å². The predicted octanol–water partition coefficient (Wildman–Crippen LogP) is 14.1. The van der Waals surface area contributed by atoms with Gasteiger partial charge in [-0.15, -0.1) is 11.3 Å². The zero-order valence-electron chi connectivity index (χ0n) is 29.2. The number of thiophene rings is 1. The molecule has 0 radical (unpaired) electrons. The second-order valence-electron chi connectivity index (χ2n) is 14.4. The smallest absolute Gasteiger partial charge is 0.238 e. The van der Waals surface area contributed by atoms with E-state index in [1.807, 2.05) is 23.5 Å². The van der Waals surface area contributed by atoms with Gasteiger partial charge in [-0.05, 0) is 68.0 Å². The topological polar surface area (TPSA) is 43.9 Å². The van der Waals surface area contributed by atoms with Gasteiger partial charge in [-0.3, -0.25) is 4.57 Å². The van der Waals surface area contributed by atoms with Gasteiger partial charge in [0.05, 0.1) is 22.1 Å².